The van der Waals surface area contributed by atoms with Crippen molar-refractivity contribution in [2.45, 2.75) is 13.5 Å². The fourth-order valence-electron chi connectivity index (χ4n) is 2.21. The second-order valence-electron chi connectivity index (χ2n) is 4.81. The molecule has 0 saturated heterocycles. The molecule has 20 heavy (non-hydrogen) atoms. The van der Waals surface area contributed by atoms with Crippen molar-refractivity contribution < 1.29 is 0 Å². The Morgan fingerprint density at radius 3 is 2.80 bits per heavy atom. The molecule has 0 radical (unpaired) electrons. The Bertz CT molecular complexity index is 748. The number of para-hydroxylation sites is 1. The summed E-state index contributed by atoms with van der Waals surface area (Å²) in [4.78, 5) is 4.48. The van der Waals surface area contributed by atoms with Crippen LogP contribution < -0.4 is 5.32 Å². The van der Waals surface area contributed by atoms with Gasteiger partial charge in [0.05, 0.1) is 5.52 Å². The van der Waals surface area contributed by atoms with Crippen LogP contribution in [-0.4, -0.2) is 4.98 Å². The molecule has 0 fully saturated rings. The average molecular weight is 327 g/mol. The molecule has 3 aromatic rings. The Hall–Kier alpha value is -1.87. The molecule has 1 aromatic heterocycles. The Balaban J connectivity index is 1.85. The third-order valence-electron chi connectivity index (χ3n) is 3.37. The van der Waals surface area contributed by atoms with Crippen LogP contribution in [0.5, 0.6) is 0 Å². The van der Waals surface area contributed by atoms with Gasteiger partial charge < -0.3 is 5.32 Å². The van der Waals surface area contributed by atoms with Crippen LogP contribution in [0.4, 0.5) is 5.69 Å². The van der Waals surface area contributed by atoms with Gasteiger partial charge in [0, 0.05) is 28.3 Å². The standard InChI is InChI=1S/C17H15BrN2/c1-12-7-8-15(10-16(12)18)20-11-14-5-2-4-13-6-3-9-19-17(13)14/h2-10,20H,11H2,1H3. The van der Waals surface area contributed by atoms with E-state index in [4.69, 9.17) is 0 Å². The van der Waals surface area contributed by atoms with Gasteiger partial charge in [0.25, 0.3) is 0 Å². The maximum absolute atomic E-state index is 4.48. The highest BCUT2D eigenvalue weighted by molar-refractivity contribution is 9.10. The molecule has 3 rings (SSSR count). The van der Waals surface area contributed by atoms with Gasteiger partial charge in [0.2, 0.25) is 0 Å². The van der Waals surface area contributed by atoms with Crippen LogP contribution in [0.3, 0.4) is 0 Å². The zero-order chi connectivity index (χ0) is 13.9. The van der Waals surface area contributed by atoms with Crippen LogP contribution in [-0.2, 0) is 6.54 Å². The molecule has 1 heterocycles. The third kappa shape index (κ3) is 2.68. The number of rotatable bonds is 3. The Labute approximate surface area is 127 Å². The summed E-state index contributed by atoms with van der Waals surface area (Å²) in [6, 6.07) is 16.6. The first-order chi connectivity index (χ1) is 9.74. The second kappa shape index (κ2) is 5.63. The summed E-state index contributed by atoms with van der Waals surface area (Å²) in [6.07, 6.45) is 1.84. The van der Waals surface area contributed by atoms with Gasteiger partial charge >= 0.3 is 0 Å². The SMILES string of the molecule is Cc1ccc(NCc2cccc3cccnc23)cc1Br. The number of benzene rings is 2. The number of halogens is 1. The molecule has 100 valence electrons. The van der Waals surface area contributed by atoms with Gasteiger partial charge in [-0.3, -0.25) is 4.98 Å². The summed E-state index contributed by atoms with van der Waals surface area (Å²) in [5.41, 5.74) is 4.62. The van der Waals surface area contributed by atoms with E-state index in [-0.39, 0.29) is 0 Å². The van der Waals surface area contributed by atoms with Gasteiger partial charge in [-0.1, -0.05) is 46.3 Å². The summed E-state index contributed by atoms with van der Waals surface area (Å²) in [7, 11) is 0. The number of anilines is 1. The molecule has 2 aromatic carbocycles. The van der Waals surface area contributed by atoms with Crippen LogP contribution in [0, 0.1) is 6.92 Å². The molecular weight excluding hydrogens is 312 g/mol. The predicted octanol–water partition coefficient (Wildman–Crippen LogP) is 4.92. The fourth-order valence-corrected chi connectivity index (χ4v) is 2.59. The van der Waals surface area contributed by atoms with E-state index in [0.29, 0.717) is 0 Å². The van der Waals surface area contributed by atoms with Crippen molar-refractivity contribution in [3.8, 4) is 0 Å². The average Bonchev–Trinajstić information content (AvgIpc) is 2.48. The first kappa shape index (κ1) is 13.1. The van der Waals surface area contributed by atoms with E-state index in [2.05, 4.69) is 75.6 Å². The van der Waals surface area contributed by atoms with Crippen molar-refractivity contribution in [3.05, 3.63) is 70.3 Å². The molecular formula is C17H15BrN2. The maximum Gasteiger partial charge on any atom is 0.0751 e. The van der Waals surface area contributed by atoms with Crippen molar-refractivity contribution in [2.24, 2.45) is 0 Å². The quantitative estimate of drug-likeness (QED) is 0.739. The second-order valence-corrected chi connectivity index (χ2v) is 5.66. The summed E-state index contributed by atoms with van der Waals surface area (Å²) >= 11 is 3.56. The summed E-state index contributed by atoms with van der Waals surface area (Å²) in [6.45, 7) is 2.85. The number of nitrogens with zero attached hydrogens (tertiary/aromatic N) is 1. The van der Waals surface area contributed by atoms with Crippen molar-refractivity contribution in [3.63, 3.8) is 0 Å². The van der Waals surface area contributed by atoms with Gasteiger partial charge in [-0.05, 0) is 36.2 Å². The first-order valence-electron chi connectivity index (χ1n) is 6.57. The molecule has 0 spiro atoms. The topological polar surface area (TPSA) is 24.9 Å². The number of hydrogen-bond acceptors (Lipinski definition) is 2. The minimum absolute atomic E-state index is 0.768. The molecule has 2 nitrogen and oxygen atoms in total. The van der Waals surface area contributed by atoms with Crippen molar-refractivity contribution >= 4 is 32.5 Å². The molecule has 1 N–H and O–H groups in total. The summed E-state index contributed by atoms with van der Waals surface area (Å²) in [5.74, 6) is 0. The first-order valence-corrected chi connectivity index (χ1v) is 7.36. The van der Waals surface area contributed by atoms with Gasteiger partial charge in [0.15, 0.2) is 0 Å². The van der Waals surface area contributed by atoms with Gasteiger partial charge in [-0.25, -0.2) is 0 Å². The smallest absolute Gasteiger partial charge is 0.0751 e. The number of fused-ring (bicyclic) bond motifs is 1. The minimum Gasteiger partial charge on any atom is -0.381 e. The number of hydrogen-bond donors (Lipinski definition) is 1. The zero-order valence-corrected chi connectivity index (χ0v) is 12.8. The van der Waals surface area contributed by atoms with Crippen LogP contribution in [0.15, 0.2) is 59.2 Å². The lowest BCUT2D eigenvalue weighted by atomic mass is 10.1. The van der Waals surface area contributed by atoms with Crippen LogP contribution in [0.25, 0.3) is 10.9 Å². The monoisotopic (exact) mass is 326 g/mol. The number of aryl methyl sites for hydroxylation is 1. The van der Waals surface area contributed by atoms with E-state index in [1.54, 1.807) is 0 Å². The Morgan fingerprint density at radius 1 is 1.10 bits per heavy atom. The number of pyridine rings is 1. The lowest BCUT2D eigenvalue weighted by Gasteiger charge is -2.10. The van der Waals surface area contributed by atoms with E-state index in [0.717, 1.165) is 22.2 Å². The molecule has 0 aliphatic rings. The van der Waals surface area contributed by atoms with Gasteiger partial charge in [-0.2, -0.15) is 0 Å². The molecule has 0 atom stereocenters. The predicted molar refractivity (Wildman–Crippen MR) is 87.9 cm³/mol. The molecule has 0 aliphatic carbocycles. The zero-order valence-electron chi connectivity index (χ0n) is 11.2. The van der Waals surface area contributed by atoms with Crippen LogP contribution in [0.1, 0.15) is 11.1 Å². The Kier molecular flexibility index (Phi) is 3.70. The number of nitrogens with one attached hydrogen (secondary N) is 1. The Morgan fingerprint density at radius 2 is 1.95 bits per heavy atom. The van der Waals surface area contributed by atoms with Crippen molar-refractivity contribution in [1.82, 2.24) is 4.98 Å². The van der Waals surface area contributed by atoms with E-state index in [1.807, 2.05) is 12.3 Å². The van der Waals surface area contributed by atoms with E-state index in [1.165, 1.54) is 16.5 Å². The van der Waals surface area contributed by atoms with Gasteiger partial charge in [0.1, 0.15) is 0 Å². The summed E-state index contributed by atoms with van der Waals surface area (Å²) in [5, 5.41) is 4.63. The molecule has 0 saturated carbocycles. The van der Waals surface area contributed by atoms with Crippen molar-refractivity contribution in [1.29, 1.82) is 0 Å². The molecule has 3 heteroatoms. The minimum atomic E-state index is 0.768. The fraction of sp³-hybridized carbons (Fsp3) is 0.118. The van der Waals surface area contributed by atoms with Crippen LogP contribution >= 0.6 is 15.9 Å². The normalized spacial score (nSPS) is 10.7. The maximum atomic E-state index is 4.48. The summed E-state index contributed by atoms with van der Waals surface area (Å²) < 4.78 is 1.12. The molecule has 0 amide bonds. The highest BCUT2D eigenvalue weighted by Gasteiger charge is 2.02. The lowest BCUT2D eigenvalue weighted by Crippen LogP contribution is -2.01. The highest BCUT2D eigenvalue weighted by Crippen LogP contribution is 2.22. The molecule has 0 unspecified atom stereocenters. The van der Waals surface area contributed by atoms with E-state index in [9.17, 15) is 0 Å². The molecule has 0 bridgehead atoms. The molecule has 0 aliphatic heterocycles. The van der Waals surface area contributed by atoms with E-state index >= 15 is 0 Å². The third-order valence-corrected chi connectivity index (χ3v) is 4.23. The lowest BCUT2D eigenvalue weighted by molar-refractivity contribution is 1.15. The van der Waals surface area contributed by atoms with Gasteiger partial charge in [-0.15, -0.1) is 0 Å². The van der Waals surface area contributed by atoms with E-state index < -0.39 is 0 Å². The van der Waals surface area contributed by atoms with Crippen molar-refractivity contribution in [2.75, 3.05) is 5.32 Å². The number of aromatic nitrogens is 1. The van der Waals surface area contributed by atoms with Crippen LogP contribution in [0.2, 0.25) is 0 Å². The largest absolute Gasteiger partial charge is 0.381 e. The highest BCUT2D eigenvalue weighted by atomic mass is 79.9.